The molecule has 1 fully saturated rings. The zero-order chi connectivity index (χ0) is 6.69. The van der Waals surface area contributed by atoms with Crippen molar-refractivity contribution in [3.8, 4) is 0 Å². The molecule has 1 aliphatic heterocycles. The number of rotatable bonds is 1. The molecule has 1 heterocycles. The summed E-state index contributed by atoms with van der Waals surface area (Å²) < 4.78 is 0. The summed E-state index contributed by atoms with van der Waals surface area (Å²) in [6, 6.07) is 0. The molecular weight excluding hydrogens is 182 g/mol. The molecule has 0 aromatic rings. The van der Waals surface area contributed by atoms with Crippen molar-refractivity contribution in [2.75, 3.05) is 6.54 Å². The normalized spacial score (nSPS) is 36.1. The summed E-state index contributed by atoms with van der Waals surface area (Å²) >= 11 is 3.40. The van der Waals surface area contributed by atoms with Crippen LogP contribution in [0.1, 0.15) is 12.8 Å². The Kier molecular flexibility index (Phi) is 2.66. The van der Waals surface area contributed by atoms with Crippen molar-refractivity contribution in [3.05, 3.63) is 0 Å². The molecule has 0 amide bonds. The lowest BCUT2D eigenvalue weighted by Crippen LogP contribution is -2.34. The van der Waals surface area contributed by atoms with Crippen LogP contribution in [-0.2, 0) is 4.79 Å². The number of alkyl halides is 1. The highest BCUT2D eigenvalue weighted by Gasteiger charge is 2.17. The van der Waals surface area contributed by atoms with Crippen LogP contribution in [-0.4, -0.2) is 17.8 Å². The highest BCUT2D eigenvalue weighted by atomic mass is 79.9. The molecule has 52 valence electrons. The van der Waals surface area contributed by atoms with Gasteiger partial charge in [0.15, 0.2) is 0 Å². The summed E-state index contributed by atoms with van der Waals surface area (Å²) in [7, 11) is 0. The zero-order valence-corrected chi connectivity index (χ0v) is 6.73. The van der Waals surface area contributed by atoms with E-state index < -0.39 is 0 Å². The van der Waals surface area contributed by atoms with Crippen LogP contribution in [0, 0.1) is 5.92 Å². The van der Waals surface area contributed by atoms with E-state index in [1.807, 2.05) is 0 Å². The minimum absolute atomic E-state index is 0.274. The Labute approximate surface area is 63.1 Å². The average molecular weight is 192 g/mol. The molecule has 9 heavy (non-hydrogen) atoms. The zero-order valence-electron chi connectivity index (χ0n) is 5.14. The fraction of sp³-hybridized carbons (Fsp3) is 0.833. The summed E-state index contributed by atoms with van der Waals surface area (Å²) in [5, 5.41) is 3.20. The van der Waals surface area contributed by atoms with Gasteiger partial charge in [-0.2, -0.15) is 0 Å². The summed E-state index contributed by atoms with van der Waals surface area (Å²) in [4.78, 5) is 10.6. The first-order valence-corrected chi connectivity index (χ1v) is 4.07. The predicted octanol–water partition coefficient (Wildman–Crippen LogP) is 0.906. The summed E-state index contributed by atoms with van der Waals surface area (Å²) in [5.74, 6) is 0.274. The van der Waals surface area contributed by atoms with Crippen molar-refractivity contribution in [3.63, 3.8) is 0 Å². The fourth-order valence-electron chi connectivity index (χ4n) is 1.02. The number of carbonyl (C=O) groups is 1. The smallest absolute Gasteiger partial charge is 0.123 e. The highest BCUT2D eigenvalue weighted by molar-refractivity contribution is 9.09. The minimum atomic E-state index is 0.274. The Bertz CT molecular complexity index is 107. The van der Waals surface area contributed by atoms with Crippen molar-refractivity contribution < 1.29 is 4.79 Å². The molecular formula is C6H10BrNO. The Balaban J connectivity index is 2.31. The fourth-order valence-corrected chi connectivity index (χ4v) is 1.73. The molecule has 0 aromatic carbocycles. The van der Waals surface area contributed by atoms with E-state index in [0.29, 0.717) is 4.95 Å². The van der Waals surface area contributed by atoms with Gasteiger partial charge >= 0.3 is 0 Å². The first-order chi connectivity index (χ1) is 4.33. The van der Waals surface area contributed by atoms with Gasteiger partial charge in [0.1, 0.15) is 6.29 Å². The molecule has 2 nitrogen and oxygen atoms in total. The standard InChI is InChI=1S/C6H10BrNO/c7-6-3-5(4-9)1-2-8-6/h4-6,8H,1-3H2. The molecule has 1 aliphatic rings. The first kappa shape index (κ1) is 7.22. The second-order valence-electron chi connectivity index (χ2n) is 2.34. The van der Waals surface area contributed by atoms with Gasteiger partial charge < -0.3 is 10.1 Å². The van der Waals surface area contributed by atoms with E-state index >= 15 is 0 Å². The maximum Gasteiger partial charge on any atom is 0.123 e. The molecule has 1 saturated heterocycles. The first-order valence-electron chi connectivity index (χ1n) is 3.15. The molecule has 0 bridgehead atoms. The van der Waals surface area contributed by atoms with Crippen molar-refractivity contribution in [1.29, 1.82) is 0 Å². The number of piperidine rings is 1. The molecule has 1 rings (SSSR count). The van der Waals surface area contributed by atoms with Gasteiger partial charge in [-0.3, -0.25) is 0 Å². The lowest BCUT2D eigenvalue weighted by molar-refractivity contribution is -0.111. The number of halogens is 1. The van der Waals surface area contributed by atoms with Crippen LogP contribution < -0.4 is 5.32 Å². The molecule has 2 atom stereocenters. The van der Waals surface area contributed by atoms with Crippen molar-refractivity contribution in [2.24, 2.45) is 5.92 Å². The lowest BCUT2D eigenvalue weighted by Gasteiger charge is -2.22. The van der Waals surface area contributed by atoms with Gasteiger partial charge in [-0.1, -0.05) is 15.9 Å². The molecule has 0 saturated carbocycles. The third-order valence-electron chi connectivity index (χ3n) is 1.58. The van der Waals surface area contributed by atoms with Crippen LogP contribution in [0.15, 0.2) is 0 Å². The SMILES string of the molecule is O=CC1CCNC(Br)C1. The van der Waals surface area contributed by atoms with E-state index in [4.69, 9.17) is 0 Å². The third-order valence-corrected chi connectivity index (χ3v) is 2.28. The number of carbonyl (C=O) groups excluding carboxylic acids is 1. The van der Waals surface area contributed by atoms with E-state index in [9.17, 15) is 4.79 Å². The second kappa shape index (κ2) is 3.32. The molecule has 3 heteroatoms. The predicted molar refractivity (Wildman–Crippen MR) is 39.5 cm³/mol. The maximum atomic E-state index is 10.3. The van der Waals surface area contributed by atoms with Gasteiger partial charge in [0.05, 0.1) is 4.95 Å². The number of aldehydes is 1. The minimum Gasteiger partial charge on any atom is -0.305 e. The Morgan fingerprint density at radius 1 is 1.67 bits per heavy atom. The van der Waals surface area contributed by atoms with E-state index in [1.54, 1.807) is 0 Å². The summed E-state index contributed by atoms with van der Waals surface area (Å²) in [6.45, 7) is 0.958. The van der Waals surface area contributed by atoms with E-state index in [1.165, 1.54) is 0 Å². The number of hydrogen-bond acceptors (Lipinski definition) is 2. The average Bonchev–Trinajstić information content (AvgIpc) is 1.88. The molecule has 1 N–H and O–H groups in total. The van der Waals surface area contributed by atoms with Gasteiger partial charge in [0, 0.05) is 5.92 Å². The molecule has 0 aliphatic carbocycles. The van der Waals surface area contributed by atoms with E-state index in [2.05, 4.69) is 21.2 Å². The van der Waals surface area contributed by atoms with Crippen LogP contribution in [0.5, 0.6) is 0 Å². The lowest BCUT2D eigenvalue weighted by atomic mass is 10.0. The maximum absolute atomic E-state index is 10.3. The van der Waals surface area contributed by atoms with E-state index in [0.717, 1.165) is 25.7 Å². The monoisotopic (exact) mass is 191 g/mol. The Morgan fingerprint density at radius 2 is 2.44 bits per heavy atom. The second-order valence-corrected chi connectivity index (χ2v) is 3.45. The van der Waals surface area contributed by atoms with E-state index in [-0.39, 0.29) is 5.92 Å². The van der Waals surface area contributed by atoms with Crippen LogP contribution in [0.25, 0.3) is 0 Å². The largest absolute Gasteiger partial charge is 0.305 e. The van der Waals surface area contributed by atoms with Crippen LogP contribution >= 0.6 is 15.9 Å². The molecule has 0 spiro atoms. The molecule has 0 aromatic heterocycles. The van der Waals surface area contributed by atoms with Crippen molar-refractivity contribution >= 4 is 22.2 Å². The third kappa shape index (κ3) is 2.06. The van der Waals surface area contributed by atoms with Gasteiger partial charge in [-0.15, -0.1) is 0 Å². The Morgan fingerprint density at radius 3 is 2.89 bits per heavy atom. The van der Waals surface area contributed by atoms with Crippen molar-refractivity contribution in [2.45, 2.75) is 17.8 Å². The Hall–Kier alpha value is 0.110. The van der Waals surface area contributed by atoms with Crippen LogP contribution in [0.4, 0.5) is 0 Å². The molecule has 2 unspecified atom stereocenters. The topological polar surface area (TPSA) is 29.1 Å². The number of nitrogens with one attached hydrogen (secondary N) is 1. The molecule has 0 radical (unpaired) electrons. The van der Waals surface area contributed by atoms with Gasteiger partial charge in [0.25, 0.3) is 0 Å². The van der Waals surface area contributed by atoms with Crippen LogP contribution in [0.2, 0.25) is 0 Å². The van der Waals surface area contributed by atoms with Gasteiger partial charge in [0.2, 0.25) is 0 Å². The van der Waals surface area contributed by atoms with Gasteiger partial charge in [-0.25, -0.2) is 0 Å². The van der Waals surface area contributed by atoms with Crippen LogP contribution in [0.3, 0.4) is 0 Å². The number of hydrogen-bond donors (Lipinski definition) is 1. The highest BCUT2D eigenvalue weighted by Crippen LogP contribution is 2.16. The summed E-state index contributed by atoms with van der Waals surface area (Å²) in [5.41, 5.74) is 0. The van der Waals surface area contributed by atoms with Gasteiger partial charge in [-0.05, 0) is 19.4 Å². The summed E-state index contributed by atoms with van der Waals surface area (Å²) in [6.07, 6.45) is 2.98. The van der Waals surface area contributed by atoms with Crippen molar-refractivity contribution in [1.82, 2.24) is 5.32 Å². The quantitative estimate of drug-likeness (QED) is 0.380.